The van der Waals surface area contributed by atoms with E-state index in [2.05, 4.69) is 20.6 Å². The van der Waals surface area contributed by atoms with Crippen LogP contribution in [-0.4, -0.2) is 46.3 Å². The lowest BCUT2D eigenvalue weighted by Crippen LogP contribution is -2.30. The number of anilines is 1. The Kier molecular flexibility index (Phi) is 8.19. The minimum Gasteiger partial charge on any atom is -0.493 e. The van der Waals surface area contributed by atoms with Gasteiger partial charge < -0.3 is 24.8 Å². The highest BCUT2D eigenvalue weighted by Crippen LogP contribution is 2.38. The number of imidazole rings is 1. The molecule has 9 nitrogen and oxygen atoms in total. The van der Waals surface area contributed by atoms with Crippen molar-refractivity contribution in [3.63, 3.8) is 0 Å². The van der Waals surface area contributed by atoms with Crippen LogP contribution < -0.4 is 24.8 Å². The number of nitrogens with one attached hydrogen (secondary N) is 2. The summed E-state index contributed by atoms with van der Waals surface area (Å²) in [6, 6.07) is 9.48. The van der Waals surface area contributed by atoms with Gasteiger partial charge in [-0.05, 0) is 67.9 Å². The number of methoxy groups -OCH3 is 2. The maximum absolute atomic E-state index is 12.0. The van der Waals surface area contributed by atoms with Gasteiger partial charge in [-0.15, -0.1) is 0 Å². The van der Waals surface area contributed by atoms with Gasteiger partial charge in [0.1, 0.15) is 17.8 Å². The molecule has 0 spiro atoms. The average molecular weight is 520 g/mol. The summed E-state index contributed by atoms with van der Waals surface area (Å²) in [6.07, 6.45) is 7.49. The highest BCUT2D eigenvalue weighted by atomic mass is 32.1. The first-order chi connectivity index (χ1) is 17.9. The van der Waals surface area contributed by atoms with Crippen molar-refractivity contribution < 1.29 is 19.0 Å². The summed E-state index contributed by atoms with van der Waals surface area (Å²) >= 11 is 5.45. The number of aryl methyl sites for hydroxylation is 2. The molecule has 4 rings (SSSR count). The molecule has 2 heterocycles. The van der Waals surface area contributed by atoms with Crippen molar-refractivity contribution in [1.82, 2.24) is 19.9 Å². The zero-order valence-electron chi connectivity index (χ0n) is 21.2. The molecule has 0 saturated heterocycles. The number of benzene rings is 2. The van der Waals surface area contributed by atoms with Crippen LogP contribution in [0.3, 0.4) is 0 Å². The quantitative estimate of drug-likeness (QED) is 0.226. The molecule has 0 unspecified atom stereocenters. The van der Waals surface area contributed by atoms with Crippen molar-refractivity contribution >= 4 is 39.8 Å². The van der Waals surface area contributed by atoms with Crippen LogP contribution in [0.25, 0.3) is 10.9 Å². The average Bonchev–Trinajstić information content (AvgIpc) is 3.44. The second-order valence-electron chi connectivity index (χ2n) is 8.42. The van der Waals surface area contributed by atoms with Gasteiger partial charge in [0.2, 0.25) is 5.91 Å². The molecule has 0 bridgehead atoms. The van der Waals surface area contributed by atoms with Crippen LogP contribution in [-0.2, 0) is 0 Å². The molecule has 2 aromatic heterocycles. The van der Waals surface area contributed by atoms with Gasteiger partial charge >= 0.3 is 0 Å². The van der Waals surface area contributed by atoms with Gasteiger partial charge in [-0.2, -0.15) is 0 Å². The monoisotopic (exact) mass is 519 g/mol. The molecular weight excluding hydrogens is 490 g/mol. The van der Waals surface area contributed by atoms with Gasteiger partial charge in [-0.3, -0.25) is 14.3 Å². The number of aromatic nitrogens is 3. The fraction of sp³-hybridized carbons (Fsp3) is 0.259. The second kappa shape index (κ2) is 11.7. The molecule has 0 aliphatic carbocycles. The number of nitrogens with zero attached hydrogens (tertiary/aromatic N) is 3. The first kappa shape index (κ1) is 25.9. The summed E-state index contributed by atoms with van der Waals surface area (Å²) in [4.78, 5) is 20.4. The lowest BCUT2D eigenvalue weighted by molar-refractivity contribution is 0.0900. The number of carbonyl (C=O) groups is 1. The maximum Gasteiger partial charge on any atom is 0.231 e. The molecule has 10 heteroatoms. The third-order valence-corrected chi connectivity index (χ3v) is 6.09. The fourth-order valence-corrected chi connectivity index (χ4v) is 4.05. The van der Waals surface area contributed by atoms with E-state index in [9.17, 15) is 4.79 Å². The summed E-state index contributed by atoms with van der Waals surface area (Å²) in [5, 5.41) is 7.70. The number of fused-ring (bicyclic) bond motifs is 1. The summed E-state index contributed by atoms with van der Waals surface area (Å²) < 4.78 is 18.6. The predicted octanol–water partition coefficient (Wildman–Crippen LogP) is 5.26. The third kappa shape index (κ3) is 6.15. The Bertz CT molecular complexity index is 1420. The van der Waals surface area contributed by atoms with Gasteiger partial charge in [-0.1, -0.05) is 0 Å². The van der Waals surface area contributed by atoms with E-state index >= 15 is 0 Å². The Labute approximate surface area is 220 Å². The Balaban J connectivity index is 1.40. The van der Waals surface area contributed by atoms with Gasteiger partial charge in [0.15, 0.2) is 16.6 Å². The number of ether oxygens (including phenoxy) is 3. The maximum atomic E-state index is 12.0. The van der Waals surface area contributed by atoms with Crippen LogP contribution >= 0.6 is 12.2 Å². The molecule has 0 amide bonds. The summed E-state index contributed by atoms with van der Waals surface area (Å²) in [6.45, 7) is 4.54. The normalized spacial score (nSPS) is 10.7. The minimum absolute atomic E-state index is 0.000192. The van der Waals surface area contributed by atoms with Crippen LogP contribution in [0.2, 0.25) is 0 Å². The van der Waals surface area contributed by atoms with E-state index in [0.717, 1.165) is 33.5 Å². The molecular formula is C27H29N5O4S. The van der Waals surface area contributed by atoms with E-state index in [-0.39, 0.29) is 5.91 Å². The van der Waals surface area contributed by atoms with Gasteiger partial charge in [0.25, 0.3) is 0 Å². The fourth-order valence-electron chi connectivity index (χ4n) is 3.83. The standard InChI is InChI=1S/C27H29N5O4S/c1-17-13-23(36-22-7-9-29-21-15-25(35-4)24(34-3)14-19(21)22)18(2)12-20(17)31-27(37)30-8-5-6-26(33)32-11-10-28-16-32/h7,9-16H,5-6,8H2,1-4H3,(H2,30,31,37). The minimum atomic E-state index is -0.000192. The van der Waals surface area contributed by atoms with Gasteiger partial charge in [0, 0.05) is 48.7 Å². The van der Waals surface area contributed by atoms with Crippen LogP contribution in [0.15, 0.2) is 55.2 Å². The highest BCUT2D eigenvalue weighted by molar-refractivity contribution is 7.80. The highest BCUT2D eigenvalue weighted by Gasteiger charge is 2.14. The van der Waals surface area contributed by atoms with Gasteiger partial charge in [0.05, 0.1) is 19.7 Å². The van der Waals surface area contributed by atoms with E-state index in [0.29, 0.717) is 41.7 Å². The second-order valence-corrected chi connectivity index (χ2v) is 8.82. The third-order valence-electron chi connectivity index (χ3n) is 5.84. The topological polar surface area (TPSA) is 99.5 Å². The zero-order valence-corrected chi connectivity index (χ0v) is 22.0. The Morgan fingerprint density at radius 2 is 1.78 bits per heavy atom. The molecule has 2 aromatic carbocycles. The number of pyridine rings is 1. The van der Waals surface area contributed by atoms with Crippen LogP contribution in [0.5, 0.6) is 23.0 Å². The first-order valence-electron chi connectivity index (χ1n) is 11.8. The van der Waals surface area contributed by atoms with E-state index in [1.165, 1.54) is 10.9 Å². The summed E-state index contributed by atoms with van der Waals surface area (Å²) in [7, 11) is 3.19. The molecule has 0 aliphatic heterocycles. The number of carbonyl (C=O) groups excluding carboxylic acids is 1. The van der Waals surface area contributed by atoms with Crippen LogP contribution in [0.4, 0.5) is 5.69 Å². The van der Waals surface area contributed by atoms with E-state index < -0.39 is 0 Å². The Morgan fingerprint density at radius 3 is 2.51 bits per heavy atom. The van der Waals surface area contributed by atoms with Crippen molar-refractivity contribution in [1.29, 1.82) is 0 Å². The SMILES string of the molecule is COc1cc2nccc(Oc3cc(C)c(NC(=S)NCCCC(=O)n4ccnc4)cc3C)c2cc1OC. The van der Waals surface area contributed by atoms with Crippen molar-refractivity contribution in [2.75, 3.05) is 26.1 Å². The van der Waals surface area contributed by atoms with Crippen LogP contribution in [0.1, 0.15) is 28.8 Å². The molecule has 0 fully saturated rings. The molecule has 0 atom stereocenters. The van der Waals surface area contributed by atoms with Crippen LogP contribution in [0, 0.1) is 13.8 Å². The molecule has 192 valence electrons. The molecule has 37 heavy (non-hydrogen) atoms. The smallest absolute Gasteiger partial charge is 0.231 e. The molecule has 4 aromatic rings. The Hall–Kier alpha value is -4.18. The van der Waals surface area contributed by atoms with Crippen molar-refractivity contribution in [3.05, 3.63) is 66.4 Å². The molecule has 0 saturated carbocycles. The lowest BCUT2D eigenvalue weighted by Gasteiger charge is -2.17. The number of rotatable bonds is 9. The van der Waals surface area contributed by atoms with E-state index in [1.807, 2.05) is 44.2 Å². The predicted molar refractivity (Wildman–Crippen MR) is 147 cm³/mol. The van der Waals surface area contributed by atoms with Crippen molar-refractivity contribution in [3.8, 4) is 23.0 Å². The zero-order chi connectivity index (χ0) is 26.4. The largest absolute Gasteiger partial charge is 0.493 e. The first-order valence-corrected chi connectivity index (χ1v) is 12.2. The number of hydrogen-bond donors (Lipinski definition) is 2. The Morgan fingerprint density at radius 1 is 1.00 bits per heavy atom. The summed E-state index contributed by atoms with van der Waals surface area (Å²) in [5.41, 5.74) is 3.53. The van der Waals surface area contributed by atoms with E-state index in [4.69, 9.17) is 26.4 Å². The molecule has 0 aliphatic rings. The summed E-state index contributed by atoms with van der Waals surface area (Å²) in [5.74, 6) is 2.60. The number of thiocarbonyl (C=S) groups is 1. The van der Waals surface area contributed by atoms with Gasteiger partial charge in [-0.25, -0.2) is 4.98 Å². The molecule has 0 radical (unpaired) electrons. The number of hydrogen-bond acceptors (Lipinski definition) is 7. The molecule has 2 N–H and O–H groups in total. The van der Waals surface area contributed by atoms with E-state index in [1.54, 1.807) is 32.8 Å². The van der Waals surface area contributed by atoms with Crippen molar-refractivity contribution in [2.24, 2.45) is 0 Å². The van der Waals surface area contributed by atoms with Crippen molar-refractivity contribution in [2.45, 2.75) is 26.7 Å². The lowest BCUT2D eigenvalue weighted by atomic mass is 10.1.